The standard InChI is InChI=1S/C12H21F3O/c1-3-5-11(9-16)7-4-6-10(2)8-12(13,14)15/h6,11,16H,3-5,7-9H2,1-2H3/b10-6-. The van der Waals surface area contributed by atoms with Gasteiger partial charge in [-0.2, -0.15) is 13.2 Å². The molecule has 1 atom stereocenters. The molecule has 0 rings (SSSR count). The van der Waals surface area contributed by atoms with Crippen LogP contribution in [0.3, 0.4) is 0 Å². The summed E-state index contributed by atoms with van der Waals surface area (Å²) in [5.74, 6) is 0.222. The van der Waals surface area contributed by atoms with E-state index in [2.05, 4.69) is 0 Å². The lowest BCUT2D eigenvalue weighted by molar-refractivity contribution is -0.127. The zero-order chi connectivity index (χ0) is 12.6. The van der Waals surface area contributed by atoms with E-state index in [-0.39, 0.29) is 12.5 Å². The quantitative estimate of drug-likeness (QED) is 0.663. The Morgan fingerprint density at radius 2 is 1.94 bits per heavy atom. The van der Waals surface area contributed by atoms with Gasteiger partial charge in [0.25, 0.3) is 0 Å². The van der Waals surface area contributed by atoms with E-state index >= 15 is 0 Å². The Balaban J connectivity index is 3.89. The molecule has 0 amide bonds. The first-order chi connectivity index (χ1) is 7.39. The van der Waals surface area contributed by atoms with Crippen LogP contribution in [-0.4, -0.2) is 17.9 Å². The summed E-state index contributed by atoms with van der Waals surface area (Å²) in [6.07, 6.45) is 0.00255. The Morgan fingerprint density at radius 1 is 1.31 bits per heavy atom. The summed E-state index contributed by atoms with van der Waals surface area (Å²) in [4.78, 5) is 0. The van der Waals surface area contributed by atoms with Crippen molar-refractivity contribution in [2.75, 3.05) is 6.61 Å². The molecule has 0 spiro atoms. The summed E-state index contributed by atoms with van der Waals surface area (Å²) in [6.45, 7) is 3.66. The first-order valence-corrected chi connectivity index (χ1v) is 5.72. The molecule has 0 aromatic carbocycles. The molecule has 0 fully saturated rings. The molecule has 1 unspecified atom stereocenters. The van der Waals surface area contributed by atoms with Crippen LogP contribution in [0.15, 0.2) is 11.6 Å². The van der Waals surface area contributed by atoms with Gasteiger partial charge in [0.05, 0.1) is 6.42 Å². The Hall–Kier alpha value is -0.510. The van der Waals surface area contributed by atoms with Crippen molar-refractivity contribution in [2.45, 2.75) is 52.1 Å². The van der Waals surface area contributed by atoms with Gasteiger partial charge in [-0.15, -0.1) is 0 Å². The van der Waals surface area contributed by atoms with Crippen LogP contribution < -0.4 is 0 Å². The van der Waals surface area contributed by atoms with Gasteiger partial charge in [-0.1, -0.05) is 25.0 Å². The fraction of sp³-hybridized carbons (Fsp3) is 0.833. The molecule has 0 aliphatic carbocycles. The van der Waals surface area contributed by atoms with Crippen LogP contribution in [0.25, 0.3) is 0 Å². The van der Waals surface area contributed by atoms with Gasteiger partial charge in [-0.25, -0.2) is 0 Å². The molecule has 16 heavy (non-hydrogen) atoms. The van der Waals surface area contributed by atoms with Gasteiger partial charge in [-0.05, 0) is 32.1 Å². The Bertz CT molecular complexity index is 209. The van der Waals surface area contributed by atoms with Crippen molar-refractivity contribution in [3.8, 4) is 0 Å². The van der Waals surface area contributed by atoms with Crippen molar-refractivity contribution in [1.82, 2.24) is 0 Å². The molecular formula is C12H21F3O. The molecule has 0 aromatic heterocycles. The second-order valence-electron chi connectivity index (χ2n) is 4.26. The van der Waals surface area contributed by atoms with Crippen molar-refractivity contribution in [3.05, 3.63) is 11.6 Å². The predicted octanol–water partition coefficient (Wildman–Crippen LogP) is 4.07. The number of alkyl halides is 3. The number of halogens is 3. The van der Waals surface area contributed by atoms with Gasteiger partial charge < -0.3 is 5.11 Å². The van der Waals surface area contributed by atoms with Crippen LogP contribution in [0.1, 0.15) is 46.0 Å². The third-order valence-electron chi connectivity index (χ3n) is 2.50. The number of rotatable bonds is 7. The Labute approximate surface area is 95.4 Å². The zero-order valence-electron chi connectivity index (χ0n) is 9.98. The van der Waals surface area contributed by atoms with Crippen LogP contribution >= 0.6 is 0 Å². The SMILES string of the molecule is CCCC(CO)CC/C=C(/C)CC(F)(F)F. The average molecular weight is 238 g/mol. The largest absolute Gasteiger partial charge is 0.396 e. The maximum absolute atomic E-state index is 12.0. The van der Waals surface area contributed by atoms with E-state index < -0.39 is 12.6 Å². The number of hydrogen-bond donors (Lipinski definition) is 1. The van der Waals surface area contributed by atoms with Crippen molar-refractivity contribution < 1.29 is 18.3 Å². The lowest BCUT2D eigenvalue weighted by Crippen LogP contribution is -2.08. The molecule has 1 N–H and O–H groups in total. The second-order valence-corrected chi connectivity index (χ2v) is 4.26. The minimum Gasteiger partial charge on any atom is -0.396 e. The molecule has 0 heterocycles. The van der Waals surface area contributed by atoms with Crippen LogP contribution in [0.4, 0.5) is 13.2 Å². The molecule has 0 aromatic rings. The number of hydrogen-bond acceptors (Lipinski definition) is 1. The highest BCUT2D eigenvalue weighted by Crippen LogP contribution is 2.24. The molecule has 0 saturated carbocycles. The molecule has 1 nitrogen and oxygen atoms in total. The summed E-state index contributed by atoms with van der Waals surface area (Å²) >= 11 is 0. The Kier molecular flexibility index (Phi) is 7.47. The molecule has 0 aliphatic rings. The van der Waals surface area contributed by atoms with Crippen molar-refractivity contribution in [2.24, 2.45) is 5.92 Å². The van der Waals surface area contributed by atoms with E-state index in [1.54, 1.807) is 6.08 Å². The minimum atomic E-state index is -4.11. The normalized spacial score (nSPS) is 15.2. The van der Waals surface area contributed by atoms with Gasteiger partial charge in [0.2, 0.25) is 0 Å². The summed E-state index contributed by atoms with van der Waals surface area (Å²) in [6, 6.07) is 0. The molecule has 96 valence electrons. The highest BCUT2D eigenvalue weighted by atomic mass is 19.4. The first-order valence-electron chi connectivity index (χ1n) is 5.72. The van der Waals surface area contributed by atoms with E-state index in [9.17, 15) is 13.2 Å². The summed E-state index contributed by atoms with van der Waals surface area (Å²) in [5, 5.41) is 9.01. The fourth-order valence-corrected chi connectivity index (χ4v) is 1.69. The van der Waals surface area contributed by atoms with Crippen LogP contribution in [-0.2, 0) is 0 Å². The van der Waals surface area contributed by atoms with Crippen molar-refractivity contribution in [3.63, 3.8) is 0 Å². The summed E-state index contributed by atoms with van der Waals surface area (Å²) < 4.78 is 36.0. The van der Waals surface area contributed by atoms with Gasteiger partial charge in [-0.3, -0.25) is 0 Å². The third-order valence-corrected chi connectivity index (χ3v) is 2.50. The lowest BCUT2D eigenvalue weighted by atomic mass is 9.98. The van der Waals surface area contributed by atoms with Crippen LogP contribution in [0.2, 0.25) is 0 Å². The van der Waals surface area contributed by atoms with Crippen LogP contribution in [0.5, 0.6) is 0 Å². The number of aliphatic hydroxyl groups is 1. The van der Waals surface area contributed by atoms with Crippen molar-refractivity contribution in [1.29, 1.82) is 0 Å². The number of aliphatic hydroxyl groups excluding tert-OH is 1. The van der Waals surface area contributed by atoms with Gasteiger partial charge in [0.1, 0.15) is 0 Å². The van der Waals surface area contributed by atoms with Gasteiger partial charge in [0.15, 0.2) is 0 Å². The Morgan fingerprint density at radius 3 is 2.38 bits per heavy atom. The summed E-state index contributed by atoms with van der Waals surface area (Å²) in [5.41, 5.74) is 0.362. The highest BCUT2D eigenvalue weighted by Gasteiger charge is 2.27. The fourth-order valence-electron chi connectivity index (χ4n) is 1.69. The molecule has 0 saturated heterocycles. The maximum Gasteiger partial charge on any atom is 0.392 e. The monoisotopic (exact) mass is 238 g/mol. The lowest BCUT2D eigenvalue weighted by Gasteiger charge is -2.11. The first kappa shape index (κ1) is 15.5. The van der Waals surface area contributed by atoms with Gasteiger partial charge in [0, 0.05) is 6.61 Å². The molecule has 0 radical (unpaired) electrons. The minimum absolute atomic E-state index is 0.125. The smallest absolute Gasteiger partial charge is 0.392 e. The average Bonchev–Trinajstić information content (AvgIpc) is 2.13. The molecule has 0 bridgehead atoms. The topological polar surface area (TPSA) is 20.2 Å². The molecule has 4 heteroatoms. The second kappa shape index (κ2) is 7.71. The van der Waals surface area contributed by atoms with E-state index in [0.29, 0.717) is 12.0 Å². The van der Waals surface area contributed by atoms with E-state index in [1.807, 2.05) is 6.92 Å². The molecule has 0 aliphatic heterocycles. The highest BCUT2D eigenvalue weighted by molar-refractivity contribution is 4.99. The van der Waals surface area contributed by atoms with E-state index in [0.717, 1.165) is 19.3 Å². The summed E-state index contributed by atoms with van der Waals surface area (Å²) in [7, 11) is 0. The number of allylic oxidation sites excluding steroid dienone is 2. The maximum atomic E-state index is 12.0. The third kappa shape index (κ3) is 8.77. The van der Waals surface area contributed by atoms with Gasteiger partial charge >= 0.3 is 6.18 Å². The van der Waals surface area contributed by atoms with Crippen molar-refractivity contribution >= 4 is 0 Å². The van der Waals surface area contributed by atoms with E-state index in [4.69, 9.17) is 5.11 Å². The zero-order valence-corrected chi connectivity index (χ0v) is 9.98. The predicted molar refractivity (Wildman–Crippen MR) is 59.1 cm³/mol. The van der Waals surface area contributed by atoms with E-state index in [1.165, 1.54) is 6.92 Å². The molecular weight excluding hydrogens is 217 g/mol. The van der Waals surface area contributed by atoms with Crippen LogP contribution in [0, 0.1) is 5.92 Å².